The number of nitrogens with one attached hydrogen (secondary N) is 3. The summed E-state index contributed by atoms with van der Waals surface area (Å²) in [5.41, 5.74) is -0.761. The molecule has 0 fully saturated rings. The van der Waals surface area contributed by atoms with Crippen LogP contribution in [-0.4, -0.2) is 18.6 Å². The molecule has 0 aliphatic rings. The van der Waals surface area contributed by atoms with Crippen molar-refractivity contribution in [1.29, 1.82) is 16.2 Å². The van der Waals surface area contributed by atoms with Crippen LogP contribution in [0.25, 0.3) is 0 Å². The molecule has 68 valence electrons. The smallest absolute Gasteiger partial charge is 0.0492 e. The fourth-order valence-electron chi connectivity index (χ4n) is 1.07. The lowest BCUT2D eigenvalue weighted by Crippen LogP contribution is -2.38. The van der Waals surface area contributed by atoms with Gasteiger partial charge in [-0.3, -0.25) is 0 Å². The van der Waals surface area contributed by atoms with Crippen molar-refractivity contribution < 1.29 is 0 Å². The van der Waals surface area contributed by atoms with Gasteiger partial charge in [-0.2, -0.15) is 0 Å². The van der Waals surface area contributed by atoms with E-state index in [2.05, 4.69) is 0 Å². The Morgan fingerprint density at radius 1 is 1.00 bits per heavy atom. The average molecular weight is 167 g/mol. The van der Waals surface area contributed by atoms with Gasteiger partial charge < -0.3 is 16.2 Å². The van der Waals surface area contributed by atoms with Gasteiger partial charge in [-0.15, -0.1) is 0 Å². The summed E-state index contributed by atoms with van der Waals surface area (Å²) in [5.74, 6) is 0. The Balaban J connectivity index is 4.94. The summed E-state index contributed by atoms with van der Waals surface area (Å²) < 4.78 is 0. The van der Waals surface area contributed by atoms with Crippen LogP contribution in [0.2, 0.25) is 0 Å². The molecule has 0 amide bonds. The molecule has 0 saturated heterocycles. The Morgan fingerprint density at radius 2 is 1.42 bits per heavy atom. The van der Waals surface area contributed by atoms with E-state index in [9.17, 15) is 0 Å². The third kappa shape index (κ3) is 1.78. The average Bonchev–Trinajstić information content (AvgIpc) is 1.98. The zero-order valence-corrected chi connectivity index (χ0v) is 7.94. The predicted octanol–water partition coefficient (Wildman–Crippen LogP) is 2.36. The highest BCUT2D eigenvalue weighted by Gasteiger charge is 2.37. The first-order valence-electron chi connectivity index (χ1n) is 3.96. The maximum Gasteiger partial charge on any atom is 0.0492 e. The van der Waals surface area contributed by atoms with Gasteiger partial charge in [-0.1, -0.05) is 20.8 Å². The molecule has 0 heterocycles. The molecule has 0 aliphatic carbocycles. The first-order valence-corrected chi connectivity index (χ1v) is 3.96. The highest BCUT2D eigenvalue weighted by molar-refractivity contribution is 5.90. The van der Waals surface area contributed by atoms with E-state index in [1.807, 2.05) is 20.8 Å². The molecule has 3 N–H and O–H groups in total. The van der Waals surface area contributed by atoms with E-state index in [0.717, 1.165) is 0 Å². The van der Waals surface area contributed by atoms with Gasteiger partial charge in [0.05, 0.1) is 0 Å². The van der Waals surface area contributed by atoms with Gasteiger partial charge >= 0.3 is 0 Å². The van der Waals surface area contributed by atoms with E-state index in [4.69, 9.17) is 16.2 Å². The van der Waals surface area contributed by atoms with E-state index in [1.165, 1.54) is 18.6 Å². The van der Waals surface area contributed by atoms with Crippen LogP contribution in [0.4, 0.5) is 0 Å². The van der Waals surface area contributed by atoms with Gasteiger partial charge in [0.2, 0.25) is 0 Å². The molecule has 0 aromatic carbocycles. The molecule has 3 heteroatoms. The Morgan fingerprint density at radius 3 is 1.50 bits per heavy atom. The topological polar surface area (TPSA) is 71.6 Å². The maximum absolute atomic E-state index is 7.29. The summed E-state index contributed by atoms with van der Waals surface area (Å²) in [6.45, 7) is 5.94. The molecule has 0 aromatic heterocycles. The maximum atomic E-state index is 7.29. The van der Waals surface area contributed by atoms with Crippen molar-refractivity contribution in [3.63, 3.8) is 0 Å². The van der Waals surface area contributed by atoms with Gasteiger partial charge in [0.15, 0.2) is 0 Å². The summed E-state index contributed by atoms with van der Waals surface area (Å²) in [6, 6.07) is 0. The normalized spacial score (nSPS) is 16.2. The van der Waals surface area contributed by atoms with Crippen LogP contribution < -0.4 is 0 Å². The molecule has 0 radical (unpaired) electrons. The lowest BCUT2D eigenvalue weighted by atomic mass is 9.66. The highest BCUT2D eigenvalue weighted by Crippen LogP contribution is 2.37. The summed E-state index contributed by atoms with van der Waals surface area (Å²) in [4.78, 5) is 0. The first-order chi connectivity index (χ1) is 5.43. The SMILES string of the molecule is CC(C)(C)C(C=N)(C=N)CC=N. The Labute approximate surface area is 73.7 Å². The monoisotopic (exact) mass is 167 g/mol. The van der Waals surface area contributed by atoms with E-state index < -0.39 is 5.41 Å². The van der Waals surface area contributed by atoms with Crippen molar-refractivity contribution in [1.82, 2.24) is 0 Å². The van der Waals surface area contributed by atoms with Crippen LogP contribution in [-0.2, 0) is 0 Å². The summed E-state index contributed by atoms with van der Waals surface area (Å²) >= 11 is 0. The molecular weight excluding hydrogens is 150 g/mol. The van der Waals surface area contributed by atoms with Gasteiger partial charge in [-0.25, -0.2) is 0 Å². The van der Waals surface area contributed by atoms with Gasteiger partial charge in [-0.05, 0) is 18.1 Å². The van der Waals surface area contributed by atoms with E-state index in [-0.39, 0.29) is 5.41 Å². The van der Waals surface area contributed by atoms with Crippen LogP contribution in [0, 0.1) is 27.1 Å². The molecule has 0 unspecified atom stereocenters. The van der Waals surface area contributed by atoms with Crippen molar-refractivity contribution >= 4 is 18.6 Å². The third-order valence-corrected chi connectivity index (χ3v) is 2.35. The van der Waals surface area contributed by atoms with E-state index in [1.54, 1.807) is 0 Å². The number of hydrogen-bond acceptors (Lipinski definition) is 3. The Bertz CT molecular complexity index is 180. The summed E-state index contributed by atoms with van der Waals surface area (Å²) in [6.07, 6.45) is 4.24. The van der Waals surface area contributed by atoms with Crippen LogP contribution in [0.5, 0.6) is 0 Å². The molecule has 0 aromatic rings. The fourth-order valence-corrected chi connectivity index (χ4v) is 1.07. The molecule has 3 nitrogen and oxygen atoms in total. The Hall–Kier alpha value is -0.990. The van der Waals surface area contributed by atoms with Gasteiger partial charge in [0, 0.05) is 17.8 Å². The molecule has 0 saturated carbocycles. The van der Waals surface area contributed by atoms with Crippen molar-refractivity contribution in [3.05, 3.63) is 0 Å². The van der Waals surface area contributed by atoms with Crippen LogP contribution in [0.15, 0.2) is 0 Å². The van der Waals surface area contributed by atoms with E-state index >= 15 is 0 Å². The Kier molecular flexibility index (Phi) is 3.31. The minimum atomic E-state index is -0.589. The van der Waals surface area contributed by atoms with Crippen molar-refractivity contribution in [2.45, 2.75) is 27.2 Å². The van der Waals surface area contributed by atoms with Crippen molar-refractivity contribution in [3.8, 4) is 0 Å². The molecule has 0 atom stereocenters. The molecular formula is C9H17N3. The molecule has 0 aliphatic heterocycles. The second-order valence-electron chi connectivity index (χ2n) is 3.99. The quantitative estimate of drug-likeness (QED) is 0.538. The van der Waals surface area contributed by atoms with Gasteiger partial charge in [0.1, 0.15) is 0 Å². The highest BCUT2D eigenvalue weighted by atomic mass is 14.5. The van der Waals surface area contributed by atoms with Crippen LogP contribution in [0.3, 0.4) is 0 Å². The molecule has 12 heavy (non-hydrogen) atoms. The lowest BCUT2D eigenvalue weighted by Gasteiger charge is -2.37. The standard InChI is InChI=1S/C9H17N3/c1-8(2,3)9(6-11,7-12)4-5-10/h5-7,10-12H,4H2,1-3H3. The molecule has 0 rings (SSSR count). The lowest BCUT2D eigenvalue weighted by molar-refractivity contribution is 0.269. The summed E-state index contributed by atoms with van der Waals surface area (Å²) in [7, 11) is 0. The third-order valence-electron chi connectivity index (χ3n) is 2.35. The van der Waals surface area contributed by atoms with E-state index in [0.29, 0.717) is 6.42 Å². The summed E-state index contributed by atoms with van der Waals surface area (Å²) in [5, 5.41) is 21.6. The fraction of sp³-hybridized carbons (Fsp3) is 0.667. The zero-order valence-electron chi connectivity index (χ0n) is 7.94. The largest absolute Gasteiger partial charge is 0.313 e. The number of rotatable bonds is 4. The first kappa shape index (κ1) is 11.0. The molecule has 0 bridgehead atoms. The minimum Gasteiger partial charge on any atom is -0.313 e. The van der Waals surface area contributed by atoms with Gasteiger partial charge in [0.25, 0.3) is 0 Å². The van der Waals surface area contributed by atoms with Crippen LogP contribution >= 0.6 is 0 Å². The zero-order chi connectivity index (χ0) is 9.83. The van der Waals surface area contributed by atoms with Crippen molar-refractivity contribution in [2.24, 2.45) is 10.8 Å². The minimum absolute atomic E-state index is 0.173. The number of hydrogen-bond donors (Lipinski definition) is 3. The molecule has 0 spiro atoms. The second-order valence-corrected chi connectivity index (χ2v) is 3.99. The predicted molar refractivity (Wildman–Crippen MR) is 52.9 cm³/mol. The van der Waals surface area contributed by atoms with Crippen molar-refractivity contribution in [2.75, 3.05) is 0 Å². The second kappa shape index (κ2) is 3.61. The van der Waals surface area contributed by atoms with Crippen LogP contribution in [0.1, 0.15) is 27.2 Å².